The van der Waals surface area contributed by atoms with Crippen molar-refractivity contribution in [1.29, 1.82) is 0 Å². The maximum absolute atomic E-state index is 11.8. The largest absolute Gasteiger partial charge is 0.370 e. The van der Waals surface area contributed by atoms with E-state index in [1.807, 2.05) is 35.7 Å². The second-order valence-corrected chi connectivity index (χ2v) is 7.18. The Kier molecular flexibility index (Phi) is 4.40. The van der Waals surface area contributed by atoms with Crippen molar-refractivity contribution in [2.24, 2.45) is 5.73 Å². The van der Waals surface area contributed by atoms with Crippen LogP contribution in [0.5, 0.6) is 0 Å². The molecule has 5 rings (SSSR count). The number of pyridine rings is 1. The average molecular weight is 400 g/mol. The molecule has 0 saturated carbocycles. The van der Waals surface area contributed by atoms with E-state index in [0.717, 1.165) is 34.0 Å². The number of hydrogen-bond donors (Lipinski definition) is 2. The summed E-state index contributed by atoms with van der Waals surface area (Å²) < 4.78 is 7.44. The number of carbonyl (C=O) groups is 1. The van der Waals surface area contributed by atoms with Crippen LogP contribution < -0.4 is 11.1 Å². The molecule has 0 aliphatic carbocycles. The minimum atomic E-state index is -0.523. The Bertz CT molecular complexity index is 1270. The molecule has 0 fully saturated rings. The third-order valence-electron chi connectivity index (χ3n) is 5.18. The van der Waals surface area contributed by atoms with Crippen LogP contribution in [0.1, 0.15) is 32.9 Å². The highest BCUT2D eigenvalue weighted by atomic mass is 16.5. The standard InChI is InChI=1S/C22H20N6O2/c1-13-18(28-9-5-8-15(19(23)29)22(28)25-13)21-26-17-12-30-11-16(17)20(27-21)24-10-14-6-3-2-4-7-14/h2-9H,10-12H2,1H3,(H2,23,29)(H,24,26,27). The van der Waals surface area contributed by atoms with Gasteiger partial charge in [-0.2, -0.15) is 0 Å². The van der Waals surface area contributed by atoms with Crippen molar-refractivity contribution in [2.45, 2.75) is 26.7 Å². The number of imidazole rings is 1. The molecule has 0 atom stereocenters. The van der Waals surface area contributed by atoms with E-state index in [4.69, 9.17) is 20.4 Å². The number of rotatable bonds is 5. The van der Waals surface area contributed by atoms with E-state index < -0.39 is 5.91 Å². The molecule has 4 heterocycles. The number of ether oxygens (including phenoxy) is 1. The first-order valence-corrected chi connectivity index (χ1v) is 9.65. The molecule has 1 aliphatic rings. The summed E-state index contributed by atoms with van der Waals surface area (Å²) in [5.74, 6) is 0.754. The highest BCUT2D eigenvalue weighted by Crippen LogP contribution is 2.30. The van der Waals surface area contributed by atoms with E-state index in [1.165, 1.54) is 0 Å². The Balaban J connectivity index is 1.61. The number of aryl methyl sites for hydroxylation is 1. The summed E-state index contributed by atoms with van der Waals surface area (Å²) in [7, 11) is 0. The fourth-order valence-corrected chi connectivity index (χ4v) is 3.73. The number of anilines is 1. The second-order valence-electron chi connectivity index (χ2n) is 7.18. The number of primary amides is 1. The predicted octanol–water partition coefficient (Wildman–Crippen LogP) is 2.84. The van der Waals surface area contributed by atoms with Gasteiger partial charge in [0.1, 0.15) is 17.2 Å². The lowest BCUT2D eigenvalue weighted by atomic mass is 10.2. The van der Waals surface area contributed by atoms with Crippen molar-refractivity contribution in [3.05, 3.63) is 76.7 Å². The number of nitrogens with zero attached hydrogens (tertiary/aromatic N) is 4. The quantitative estimate of drug-likeness (QED) is 0.533. The van der Waals surface area contributed by atoms with Crippen LogP contribution in [0.4, 0.5) is 5.82 Å². The van der Waals surface area contributed by atoms with Gasteiger partial charge < -0.3 is 15.8 Å². The molecule has 1 aliphatic heterocycles. The lowest BCUT2D eigenvalue weighted by molar-refractivity contribution is 0.100. The number of amides is 1. The maximum Gasteiger partial charge on any atom is 0.252 e. The first-order chi connectivity index (χ1) is 14.6. The molecule has 4 aromatic rings. The minimum Gasteiger partial charge on any atom is -0.370 e. The molecule has 1 aromatic carbocycles. The number of carbonyl (C=O) groups excluding carboxylic acids is 1. The van der Waals surface area contributed by atoms with Gasteiger partial charge in [0.2, 0.25) is 0 Å². The molecule has 0 radical (unpaired) electrons. The Labute approximate surface area is 172 Å². The fourth-order valence-electron chi connectivity index (χ4n) is 3.73. The summed E-state index contributed by atoms with van der Waals surface area (Å²) in [6.07, 6.45) is 1.83. The van der Waals surface area contributed by atoms with E-state index in [9.17, 15) is 4.79 Å². The smallest absolute Gasteiger partial charge is 0.252 e. The summed E-state index contributed by atoms with van der Waals surface area (Å²) in [5.41, 5.74) is 10.8. The number of aromatic nitrogens is 4. The van der Waals surface area contributed by atoms with Gasteiger partial charge in [-0.25, -0.2) is 15.0 Å². The average Bonchev–Trinajstić information content (AvgIpc) is 3.35. The Hall–Kier alpha value is -3.78. The molecule has 0 unspecified atom stereocenters. The van der Waals surface area contributed by atoms with Crippen molar-refractivity contribution >= 4 is 17.4 Å². The summed E-state index contributed by atoms with van der Waals surface area (Å²) in [5, 5.41) is 3.43. The molecule has 8 heteroatoms. The highest BCUT2D eigenvalue weighted by Gasteiger charge is 2.24. The van der Waals surface area contributed by atoms with Gasteiger partial charge in [0.25, 0.3) is 5.91 Å². The molecule has 0 spiro atoms. The van der Waals surface area contributed by atoms with Gasteiger partial charge in [0, 0.05) is 18.3 Å². The monoisotopic (exact) mass is 400 g/mol. The van der Waals surface area contributed by atoms with Crippen LogP contribution in [0, 0.1) is 6.92 Å². The molecule has 8 nitrogen and oxygen atoms in total. The SMILES string of the molecule is Cc1nc2c(C(N)=O)cccn2c1-c1nc2c(c(NCc3ccccc3)n1)COC2. The molecular formula is C22H20N6O2. The van der Waals surface area contributed by atoms with Crippen LogP contribution in [-0.4, -0.2) is 25.3 Å². The Morgan fingerprint density at radius 3 is 2.77 bits per heavy atom. The summed E-state index contributed by atoms with van der Waals surface area (Å²) in [6.45, 7) is 3.43. The maximum atomic E-state index is 11.8. The number of benzene rings is 1. The fraction of sp³-hybridized carbons (Fsp3) is 0.182. The van der Waals surface area contributed by atoms with E-state index in [2.05, 4.69) is 22.4 Å². The van der Waals surface area contributed by atoms with Gasteiger partial charge in [-0.05, 0) is 24.6 Å². The third-order valence-corrected chi connectivity index (χ3v) is 5.18. The van der Waals surface area contributed by atoms with E-state index in [-0.39, 0.29) is 0 Å². The normalized spacial score (nSPS) is 12.8. The van der Waals surface area contributed by atoms with Crippen molar-refractivity contribution < 1.29 is 9.53 Å². The second kappa shape index (κ2) is 7.23. The minimum absolute atomic E-state index is 0.360. The molecule has 1 amide bonds. The number of hydrogen-bond acceptors (Lipinski definition) is 6. The van der Waals surface area contributed by atoms with E-state index in [0.29, 0.717) is 36.8 Å². The zero-order chi connectivity index (χ0) is 20.7. The van der Waals surface area contributed by atoms with Gasteiger partial charge >= 0.3 is 0 Å². The summed E-state index contributed by atoms with van der Waals surface area (Å²) in [6, 6.07) is 13.6. The molecule has 0 bridgehead atoms. The van der Waals surface area contributed by atoms with Gasteiger partial charge in [0.05, 0.1) is 30.2 Å². The summed E-state index contributed by atoms with van der Waals surface area (Å²) >= 11 is 0. The Morgan fingerprint density at radius 1 is 1.13 bits per heavy atom. The van der Waals surface area contributed by atoms with E-state index in [1.54, 1.807) is 12.1 Å². The van der Waals surface area contributed by atoms with Crippen molar-refractivity contribution in [1.82, 2.24) is 19.4 Å². The molecule has 30 heavy (non-hydrogen) atoms. The lowest BCUT2D eigenvalue weighted by Crippen LogP contribution is -2.12. The van der Waals surface area contributed by atoms with Crippen LogP contribution in [0.15, 0.2) is 48.7 Å². The van der Waals surface area contributed by atoms with Crippen LogP contribution >= 0.6 is 0 Å². The Morgan fingerprint density at radius 2 is 1.97 bits per heavy atom. The van der Waals surface area contributed by atoms with E-state index >= 15 is 0 Å². The predicted molar refractivity (Wildman–Crippen MR) is 112 cm³/mol. The van der Waals surface area contributed by atoms with Crippen LogP contribution in [-0.2, 0) is 24.5 Å². The molecular weight excluding hydrogens is 380 g/mol. The van der Waals surface area contributed by atoms with Crippen LogP contribution in [0.2, 0.25) is 0 Å². The first-order valence-electron chi connectivity index (χ1n) is 9.65. The third kappa shape index (κ3) is 3.07. The molecule has 150 valence electrons. The van der Waals surface area contributed by atoms with Crippen molar-refractivity contribution in [3.63, 3.8) is 0 Å². The number of nitrogens with two attached hydrogens (primary N) is 1. The van der Waals surface area contributed by atoms with Crippen LogP contribution in [0.25, 0.3) is 17.2 Å². The zero-order valence-corrected chi connectivity index (χ0v) is 16.4. The van der Waals surface area contributed by atoms with Crippen molar-refractivity contribution in [2.75, 3.05) is 5.32 Å². The summed E-state index contributed by atoms with van der Waals surface area (Å²) in [4.78, 5) is 25.9. The van der Waals surface area contributed by atoms with Crippen molar-refractivity contribution in [3.8, 4) is 11.5 Å². The van der Waals surface area contributed by atoms with Gasteiger partial charge in [-0.3, -0.25) is 9.20 Å². The molecule has 0 saturated heterocycles. The lowest BCUT2D eigenvalue weighted by Gasteiger charge is -2.12. The molecule has 3 N–H and O–H groups in total. The first kappa shape index (κ1) is 18.3. The highest BCUT2D eigenvalue weighted by molar-refractivity contribution is 5.99. The number of fused-ring (bicyclic) bond motifs is 2. The van der Waals surface area contributed by atoms with Gasteiger partial charge in [0.15, 0.2) is 5.82 Å². The van der Waals surface area contributed by atoms with Gasteiger partial charge in [-0.15, -0.1) is 0 Å². The number of nitrogens with one attached hydrogen (secondary N) is 1. The topological polar surface area (TPSA) is 107 Å². The van der Waals surface area contributed by atoms with Gasteiger partial charge in [-0.1, -0.05) is 30.3 Å². The van der Waals surface area contributed by atoms with Crippen LogP contribution in [0.3, 0.4) is 0 Å². The zero-order valence-electron chi connectivity index (χ0n) is 16.4. The molecule has 3 aromatic heterocycles.